The summed E-state index contributed by atoms with van der Waals surface area (Å²) in [6, 6.07) is 30.5. The van der Waals surface area contributed by atoms with Crippen molar-refractivity contribution < 1.29 is 24.2 Å². The zero-order chi connectivity index (χ0) is 36.0. The Kier molecular flexibility index (Phi) is 14.3. The van der Waals surface area contributed by atoms with Gasteiger partial charge in [0.2, 0.25) is 11.8 Å². The minimum Gasteiger partial charge on any atom is -0.392 e. The van der Waals surface area contributed by atoms with Crippen LogP contribution in [0.15, 0.2) is 97.2 Å². The van der Waals surface area contributed by atoms with Gasteiger partial charge in [0, 0.05) is 69.3 Å². The van der Waals surface area contributed by atoms with Crippen LogP contribution in [-0.2, 0) is 38.6 Å². The minimum absolute atomic E-state index is 0.000752. The summed E-state index contributed by atoms with van der Waals surface area (Å²) in [5.74, 6) is 0.0869. The second-order valence-electron chi connectivity index (χ2n) is 13.5. The standard InChI is InChI=1S/C42H52N4O5/c1-30-39(28-46(3)26-23-37-12-8-10-25-44-37)50-42(51-41(30)34-17-15-32(29-47)16-18-34)35-21-19-33(20-22-35)38-13-7-6-11-36(38)27-45-40(49)14-5-4-9-24-43-31(2)48/h6-8,10-13,15-22,25,30,39,41-42,47H,4-5,9,14,23-24,26-29H2,1-3H3,(H,43,48)(H,45,49)/t30-,39+,41+,42+/m1/s1. The number of amides is 2. The summed E-state index contributed by atoms with van der Waals surface area (Å²) < 4.78 is 13.4. The van der Waals surface area contributed by atoms with Crippen molar-refractivity contribution in [2.75, 3.05) is 26.7 Å². The number of unbranched alkanes of at least 4 members (excludes halogenated alkanes) is 2. The molecule has 3 N–H and O–H groups in total. The lowest BCUT2D eigenvalue weighted by atomic mass is 9.90. The molecule has 9 nitrogen and oxygen atoms in total. The summed E-state index contributed by atoms with van der Waals surface area (Å²) >= 11 is 0. The average molecular weight is 693 g/mol. The van der Waals surface area contributed by atoms with E-state index in [2.05, 4.69) is 70.9 Å². The van der Waals surface area contributed by atoms with Gasteiger partial charge in [-0.3, -0.25) is 14.6 Å². The Balaban J connectivity index is 1.25. The van der Waals surface area contributed by atoms with Gasteiger partial charge in [0.25, 0.3) is 0 Å². The summed E-state index contributed by atoms with van der Waals surface area (Å²) in [6.45, 7) is 6.39. The second-order valence-corrected chi connectivity index (χ2v) is 13.5. The smallest absolute Gasteiger partial charge is 0.220 e. The fourth-order valence-corrected chi connectivity index (χ4v) is 6.49. The van der Waals surface area contributed by atoms with Crippen molar-refractivity contribution in [1.29, 1.82) is 0 Å². The highest BCUT2D eigenvalue weighted by molar-refractivity contribution is 5.76. The highest BCUT2D eigenvalue weighted by Gasteiger charge is 2.38. The molecule has 0 saturated carbocycles. The lowest BCUT2D eigenvalue weighted by Crippen LogP contribution is -2.43. The van der Waals surface area contributed by atoms with Gasteiger partial charge in [-0.15, -0.1) is 0 Å². The lowest BCUT2D eigenvalue weighted by Gasteiger charge is -2.42. The number of aliphatic hydroxyl groups is 1. The summed E-state index contributed by atoms with van der Waals surface area (Å²) in [5.41, 5.74) is 7.09. The Bertz CT molecular complexity index is 1670. The average Bonchev–Trinajstić information content (AvgIpc) is 3.16. The number of likely N-dealkylation sites (N-methyl/N-ethyl adjacent to an activating group) is 1. The van der Waals surface area contributed by atoms with Crippen LogP contribution in [-0.4, -0.2) is 59.6 Å². The third-order valence-corrected chi connectivity index (χ3v) is 9.53. The molecule has 1 saturated heterocycles. The maximum absolute atomic E-state index is 12.6. The highest BCUT2D eigenvalue weighted by Crippen LogP contribution is 2.42. The maximum Gasteiger partial charge on any atom is 0.220 e. The molecule has 1 aromatic heterocycles. The topological polar surface area (TPSA) is 113 Å². The van der Waals surface area contributed by atoms with Crippen molar-refractivity contribution in [3.8, 4) is 11.1 Å². The predicted octanol–water partition coefficient (Wildman–Crippen LogP) is 6.52. The van der Waals surface area contributed by atoms with Gasteiger partial charge < -0.3 is 30.1 Å². The number of rotatable bonds is 17. The summed E-state index contributed by atoms with van der Waals surface area (Å²) in [4.78, 5) is 30.4. The summed E-state index contributed by atoms with van der Waals surface area (Å²) in [6.07, 6.45) is 4.88. The van der Waals surface area contributed by atoms with Crippen molar-refractivity contribution >= 4 is 11.8 Å². The zero-order valence-electron chi connectivity index (χ0n) is 30.1. The maximum atomic E-state index is 12.6. The van der Waals surface area contributed by atoms with Gasteiger partial charge in [-0.1, -0.05) is 92.2 Å². The highest BCUT2D eigenvalue weighted by atomic mass is 16.7. The van der Waals surface area contributed by atoms with Crippen LogP contribution in [0.1, 0.15) is 79.9 Å². The quantitative estimate of drug-likeness (QED) is 0.108. The van der Waals surface area contributed by atoms with Crippen molar-refractivity contribution in [3.05, 3.63) is 125 Å². The van der Waals surface area contributed by atoms with Crippen LogP contribution in [0.5, 0.6) is 0 Å². The van der Waals surface area contributed by atoms with Crippen LogP contribution >= 0.6 is 0 Å². The van der Waals surface area contributed by atoms with Gasteiger partial charge in [-0.2, -0.15) is 0 Å². The Morgan fingerprint density at radius 3 is 2.33 bits per heavy atom. The third kappa shape index (κ3) is 11.3. The van der Waals surface area contributed by atoms with Crippen molar-refractivity contribution in [2.45, 2.75) is 77.6 Å². The molecule has 0 spiro atoms. The number of benzene rings is 3. The predicted molar refractivity (Wildman–Crippen MR) is 199 cm³/mol. The van der Waals surface area contributed by atoms with Crippen LogP contribution in [0.4, 0.5) is 0 Å². The first-order valence-electron chi connectivity index (χ1n) is 18.1. The number of hydrogen-bond acceptors (Lipinski definition) is 7. The molecular weight excluding hydrogens is 640 g/mol. The number of nitrogens with zero attached hydrogens (tertiary/aromatic N) is 2. The minimum atomic E-state index is -0.556. The molecule has 1 aliphatic rings. The SMILES string of the molecule is CC(=O)NCCCCCC(=O)NCc1ccccc1-c1ccc([C@H]2O[C@@H](CN(C)CCc3ccccn3)[C@@H](C)[C@@H](c3ccc(CO)cc3)O2)cc1. The number of carbonyl (C=O) groups excluding carboxylic acids is 2. The molecule has 9 heteroatoms. The van der Waals surface area contributed by atoms with E-state index in [1.165, 1.54) is 6.92 Å². The number of hydrogen-bond donors (Lipinski definition) is 3. The molecule has 3 aromatic carbocycles. The van der Waals surface area contributed by atoms with E-state index in [0.717, 1.165) is 77.8 Å². The van der Waals surface area contributed by atoms with Crippen LogP contribution < -0.4 is 10.6 Å². The Hall–Kier alpha value is -4.41. The van der Waals surface area contributed by atoms with Crippen molar-refractivity contribution in [1.82, 2.24) is 20.5 Å². The van der Waals surface area contributed by atoms with Crippen LogP contribution in [0.25, 0.3) is 11.1 Å². The third-order valence-electron chi connectivity index (χ3n) is 9.53. The summed E-state index contributed by atoms with van der Waals surface area (Å²) in [5, 5.41) is 15.5. The number of nitrogens with one attached hydrogen (secondary N) is 2. The lowest BCUT2D eigenvalue weighted by molar-refractivity contribution is -0.275. The first-order chi connectivity index (χ1) is 24.8. The molecule has 0 aliphatic carbocycles. The van der Waals surface area contributed by atoms with E-state index in [1.54, 1.807) is 0 Å². The normalized spacial score (nSPS) is 18.8. The zero-order valence-corrected chi connectivity index (χ0v) is 30.1. The molecule has 5 rings (SSSR count). The van der Waals surface area contributed by atoms with E-state index in [1.807, 2.05) is 60.8 Å². The fraction of sp³-hybridized carbons (Fsp3) is 0.405. The van der Waals surface area contributed by atoms with Gasteiger partial charge in [0.1, 0.15) is 0 Å². The molecule has 270 valence electrons. The van der Waals surface area contributed by atoms with Gasteiger partial charge in [-0.05, 0) is 59.8 Å². The van der Waals surface area contributed by atoms with E-state index < -0.39 is 6.29 Å². The van der Waals surface area contributed by atoms with Crippen LogP contribution in [0.2, 0.25) is 0 Å². The Labute approximate surface area is 302 Å². The van der Waals surface area contributed by atoms with Crippen LogP contribution in [0.3, 0.4) is 0 Å². The Morgan fingerprint density at radius 1 is 0.863 bits per heavy atom. The van der Waals surface area contributed by atoms with Gasteiger partial charge in [0.15, 0.2) is 6.29 Å². The molecule has 2 heterocycles. The van der Waals surface area contributed by atoms with E-state index in [9.17, 15) is 14.7 Å². The molecule has 0 radical (unpaired) electrons. The van der Waals surface area contributed by atoms with Gasteiger partial charge in [-0.25, -0.2) is 0 Å². The first kappa shape index (κ1) is 37.8. The molecule has 0 unspecified atom stereocenters. The molecule has 4 atom stereocenters. The van der Waals surface area contributed by atoms with Gasteiger partial charge >= 0.3 is 0 Å². The van der Waals surface area contributed by atoms with E-state index in [-0.39, 0.29) is 36.5 Å². The molecule has 0 bridgehead atoms. The molecular formula is C42H52N4O5. The monoisotopic (exact) mass is 692 g/mol. The molecule has 1 fully saturated rings. The number of aromatic nitrogens is 1. The number of aliphatic hydroxyl groups excluding tert-OH is 1. The van der Waals surface area contributed by atoms with Crippen LogP contribution in [0, 0.1) is 5.92 Å². The number of carbonyl (C=O) groups is 2. The summed E-state index contributed by atoms with van der Waals surface area (Å²) in [7, 11) is 2.12. The molecule has 4 aromatic rings. The van der Waals surface area contributed by atoms with Crippen molar-refractivity contribution in [3.63, 3.8) is 0 Å². The molecule has 51 heavy (non-hydrogen) atoms. The van der Waals surface area contributed by atoms with E-state index >= 15 is 0 Å². The number of pyridine rings is 1. The largest absolute Gasteiger partial charge is 0.392 e. The second kappa shape index (κ2) is 19.3. The first-order valence-corrected chi connectivity index (χ1v) is 18.1. The molecule has 1 aliphatic heterocycles. The Morgan fingerprint density at radius 2 is 1.61 bits per heavy atom. The molecule has 2 amide bonds. The van der Waals surface area contributed by atoms with Crippen molar-refractivity contribution in [2.24, 2.45) is 5.92 Å². The van der Waals surface area contributed by atoms with E-state index in [0.29, 0.717) is 19.5 Å². The van der Waals surface area contributed by atoms with Gasteiger partial charge in [0.05, 0.1) is 18.8 Å². The van der Waals surface area contributed by atoms with E-state index in [4.69, 9.17) is 9.47 Å². The number of ether oxygens (including phenoxy) is 2. The fourth-order valence-electron chi connectivity index (χ4n) is 6.49.